The first-order valence-corrected chi connectivity index (χ1v) is 7.28. The molecule has 0 aliphatic heterocycles. The van der Waals surface area contributed by atoms with E-state index in [1.54, 1.807) is 18.0 Å². The van der Waals surface area contributed by atoms with Gasteiger partial charge in [0.1, 0.15) is 0 Å². The number of hydrogen-bond donors (Lipinski definition) is 0. The maximum absolute atomic E-state index is 5.64. The molecule has 0 bridgehead atoms. The SMILES string of the molecule is c1ccc(Cc2nnc(CSc3ccccn3)o2)cc1. The molecule has 0 saturated heterocycles. The monoisotopic (exact) mass is 283 g/mol. The molecule has 0 unspecified atom stereocenters. The highest BCUT2D eigenvalue weighted by Gasteiger charge is 2.07. The maximum Gasteiger partial charge on any atom is 0.226 e. The molecule has 0 saturated carbocycles. The molecule has 1 aromatic carbocycles. The Morgan fingerprint density at radius 2 is 1.70 bits per heavy atom. The first kappa shape index (κ1) is 12.9. The standard InChI is InChI=1S/C15H13N3OS/c1-2-6-12(7-3-1)10-13-17-18-14(19-13)11-20-15-8-4-5-9-16-15/h1-9H,10-11H2. The zero-order valence-corrected chi connectivity index (χ0v) is 11.6. The Morgan fingerprint density at radius 1 is 0.900 bits per heavy atom. The lowest BCUT2D eigenvalue weighted by Gasteiger charge is -1.96. The normalized spacial score (nSPS) is 10.6. The molecule has 0 atom stereocenters. The van der Waals surface area contributed by atoms with E-state index in [1.165, 1.54) is 5.56 Å². The van der Waals surface area contributed by atoms with Crippen molar-refractivity contribution in [3.8, 4) is 0 Å². The zero-order chi connectivity index (χ0) is 13.6. The molecule has 0 N–H and O–H groups in total. The van der Waals surface area contributed by atoms with E-state index in [2.05, 4.69) is 15.2 Å². The molecular formula is C15H13N3OS. The second-order valence-corrected chi connectivity index (χ2v) is 5.20. The number of benzene rings is 1. The van der Waals surface area contributed by atoms with Crippen molar-refractivity contribution in [1.29, 1.82) is 0 Å². The van der Waals surface area contributed by atoms with Gasteiger partial charge in [-0.25, -0.2) is 4.98 Å². The van der Waals surface area contributed by atoms with Gasteiger partial charge in [-0.1, -0.05) is 48.2 Å². The maximum atomic E-state index is 5.64. The summed E-state index contributed by atoms with van der Waals surface area (Å²) >= 11 is 1.59. The fourth-order valence-corrected chi connectivity index (χ4v) is 2.45. The lowest BCUT2D eigenvalue weighted by Crippen LogP contribution is -1.87. The van der Waals surface area contributed by atoms with Crippen LogP contribution in [0.25, 0.3) is 0 Å². The molecule has 0 fully saturated rings. The molecule has 4 nitrogen and oxygen atoms in total. The number of thioether (sulfide) groups is 1. The fourth-order valence-electron chi connectivity index (χ4n) is 1.76. The van der Waals surface area contributed by atoms with Crippen molar-refractivity contribution in [2.45, 2.75) is 17.2 Å². The molecular weight excluding hydrogens is 270 g/mol. The molecule has 0 spiro atoms. The van der Waals surface area contributed by atoms with Crippen LogP contribution in [0.1, 0.15) is 17.3 Å². The minimum absolute atomic E-state index is 0.631. The largest absolute Gasteiger partial charge is 0.424 e. The highest BCUT2D eigenvalue weighted by molar-refractivity contribution is 7.98. The lowest BCUT2D eigenvalue weighted by molar-refractivity contribution is 0.474. The van der Waals surface area contributed by atoms with Crippen molar-refractivity contribution in [1.82, 2.24) is 15.2 Å². The van der Waals surface area contributed by atoms with Crippen LogP contribution in [0.5, 0.6) is 0 Å². The van der Waals surface area contributed by atoms with E-state index in [-0.39, 0.29) is 0 Å². The summed E-state index contributed by atoms with van der Waals surface area (Å²) in [5, 5.41) is 9.09. The van der Waals surface area contributed by atoms with Crippen LogP contribution in [0.4, 0.5) is 0 Å². The number of rotatable bonds is 5. The summed E-state index contributed by atoms with van der Waals surface area (Å²) in [7, 11) is 0. The van der Waals surface area contributed by atoms with Crippen LogP contribution in [-0.4, -0.2) is 15.2 Å². The third kappa shape index (κ3) is 3.45. The summed E-state index contributed by atoms with van der Waals surface area (Å²) in [5.41, 5.74) is 1.17. The Morgan fingerprint density at radius 3 is 2.50 bits per heavy atom. The number of aromatic nitrogens is 3. The van der Waals surface area contributed by atoms with E-state index in [4.69, 9.17) is 4.42 Å². The van der Waals surface area contributed by atoms with Crippen LogP contribution in [-0.2, 0) is 12.2 Å². The van der Waals surface area contributed by atoms with Crippen molar-refractivity contribution in [3.05, 3.63) is 72.1 Å². The topological polar surface area (TPSA) is 51.8 Å². The van der Waals surface area contributed by atoms with Crippen molar-refractivity contribution >= 4 is 11.8 Å². The highest BCUT2D eigenvalue weighted by atomic mass is 32.2. The van der Waals surface area contributed by atoms with Crippen molar-refractivity contribution in [2.24, 2.45) is 0 Å². The predicted molar refractivity (Wildman–Crippen MR) is 77.3 cm³/mol. The van der Waals surface area contributed by atoms with Gasteiger partial charge in [-0.05, 0) is 17.7 Å². The lowest BCUT2D eigenvalue weighted by atomic mass is 10.2. The first-order valence-electron chi connectivity index (χ1n) is 6.29. The second kappa shape index (κ2) is 6.34. The van der Waals surface area contributed by atoms with Gasteiger partial charge in [0.05, 0.1) is 17.2 Å². The summed E-state index contributed by atoms with van der Waals surface area (Å²) in [4.78, 5) is 4.24. The van der Waals surface area contributed by atoms with E-state index in [0.717, 1.165) is 5.03 Å². The highest BCUT2D eigenvalue weighted by Crippen LogP contribution is 2.19. The fraction of sp³-hybridized carbons (Fsp3) is 0.133. The Bertz CT molecular complexity index is 655. The van der Waals surface area contributed by atoms with E-state index < -0.39 is 0 Å². The molecule has 0 aliphatic rings. The van der Waals surface area contributed by atoms with Crippen LogP contribution in [0.2, 0.25) is 0 Å². The van der Waals surface area contributed by atoms with Gasteiger partial charge >= 0.3 is 0 Å². The van der Waals surface area contributed by atoms with Crippen molar-refractivity contribution < 1.29 is 4.42 Å². The molecule has 20 heavy (non-hydrogen) atoms. The molecule has 5 heteroatoms. The Hall–Kier alpha value is -2.14. The van der Waals surface area contributed by atoms with Gasteiger partial charge < -0.3 is 4.42 Å². The van der Waals surface area contributed by atoms with E-state index >= 15 is 0 Å². The van der Waals surface area contributed by atoms with Gasteiger partial charge in [-0.3, -0.25) is 0 Å². The average molecular weight is 283 g/mol. The Balaban J connectivity index is 1.60. The third-order valence-electron chi connectivity index (χ3n) is 2.69. The van der Waals surface area contributed by atoms with Gasteiger partial charge in [0.25, 0.3) is 0 Å². The summed E-state index contributed by atoms with van der Waals surface area (Å²) in [6.45, 7) is 0. The Labute approximate surface area is 121 Å². The molecule has 3 rings (SSSR count). The van der Waals surface area contributed by atoms with Gasteiger partial charge in [-0.2, -0.15) is 0 Å². The van der Waals surface area contributed by atoms with Crippen LogP contribution in [0.3, 0.4) is 0 Å². The summed E-state index contributed by atoms with van der Waals surface area (Å²) < 4.78 is 5.64. The van der Waals surface area contributed by atoms with Gasteiger partial charge in [0, 0.05) is 6.20 Å². The van der Waals surface area contributed by atoms with Gasteiger partial charge in [-0.15, -0.1) is 10.2 Å². The van der Waals surface area contributed by atoms with Gasteiger partial charge in [0.15, 0.2) is 0 Å². The number of pyridine rings is 1. The molecule has 0 radical (unpaired) electrons. The molecule has 100 valence electrons. The van der Waals surface area contributed by atoms with Crippen LogP contribution in [0.15, 0.2) is 64.2 Å². The van der Waals surface area contributed by atoms with Gasteiger partial charge in [0.2, 0.25) is 11.8 Å². The summed E-state index contributed by atoms with van der Waals surface area (Å²) in [5.74, 6) is 1.91. The average Bonchev–Trinajstić information content (AvgIpc) is 2.95. The first-order chi connectivity index (χ1) is 9.90. The summed E-state index contributed by atoms with van der Waals surface area (Å²) in [6, 6.07) is 15.9. The summed E-state index contributed by atoms with van der Waals surface area (Å²) in [6.07, 6.45) is 2.44. The predicted octanol–water partition coefficient (Wildman–Crippen LogP) is 3.35. The number of hydrogen-bond acceptors (Lipinski definition) is 5. The van der Waals surface area contributed by atoms with Crippen LogP contribution in [0, 0.1) is 0 Å². The van der Waals surface area contributed by atoms with E-state index in [0.29, 0.717) is 24.0 Å². The quantitative estimate of drug-likeness (QED) is 0.672. The minimum Gasteiger partial charge on any atom is -0.424 e. The molecule has 0 amide bonds. The zero-order valence-electron chi connectivity index (χ0n) is 10.8. The molecule has 2 heterocycles. The van der Waals surface area contributed by atoms with Crippen LogP contribution < -0.4 is 0 Å². The van der Waals surface area contributed by atoms with E-state index in [1.807, 2.05) is 48.5 Å². The van der Waals surface area contributed by atoms with E-state index in [9.17, 15) is 0 Å². The van der Waals surface area contributed by atoms with Crippen molar-refractivity contribution in [2.75, 3.05) is 0 Å². The third-order valence-corrected chi connectivity index (χ3v) is 3.62. The second-order valence-electron chi connectivity index (χ2n) is 4.21. The molecule has 3 aromatic rings. The molecule has 2 aromatic heterocycles. The van der Waals surface area contributed by atoms with Crippen molar-refractivity contribution in [3.63, 3.8) is 0 Å². The minimum atomic E-state index is 0.631. The van der Waals surface area contributed by atoms with Crippen LogP contribution >= 0.6 is 11.8 Å². The Kier molecular flexibility index (Phi) is 4.08. The number of nitrogens with zero attached hydrogens (tertiary/aromatic N) is 3. The smallest absolute Gasteiger partial charge is 0.226 e. The molecule has 0 aliphatic carbocycles.